The number of morpholine rings is 1. The largest absolute Gasteiger partial charge is 0.444 e. The Labute approximate surface area is 134 Å². The molecule has 0 aromatic carbocycles. The summed E-state index contributed by atoms with van der Waals surface area (Å²) in [5.41, 5.74) is 5.81. The van der Waals surface area contributed by atoms with Crippen LogP contribution in [0.25, 0.3) is 0 Å². The molecule has 2 N–H and O–H groups in total. The summed E-state index contributed by atoms with van der Waals surface area (Å²) in [5, 5.41) is 0. The highest BCUT2D eigenvalue weighted by atomic mass is 16.6. The van der Waals surface area contributed by atoms with E-state index in [4.69, 9.17) is 15.2 Å². The average molecular weight is 312 g/mol. The Kier molecular flexibility index (Phi) is 7.90. The van der Waals surface area contributed by atoms with E-state index in [-0.39, 0.29) is 18.2 Å². The van der Waals surface area contributed by atoms with Gasteiger partial charge in [-0.1, -0.05) is 18.9 Å². The molecule has 5 heteroatoms. The predicted octanol–water partition coefficient (Wildman–Crippen LogP) is 3.09. The molecule has 2 unspecified atom stereocenters. The fourth-order valence-electron chi connectivity index (χ4n) is 2.56. The predicted molar refractivity (Wildman–Crippen MR) is 88.8 cm³/mol. The number of hydrogen-bond acceptors (Lipinski definition) is 4. The monoisotopic (exact) mass is 312 g/mol. The Balaban J connectivity index is 2.49. The van der Waals surface area contributed by atoms with Crippen molar-refractivity contribution in [3.8, 4) is 0 Å². The van der Waals surface area contributed by atoms with Crippen LogP contribution in [0.3, 0.4) is 0 Å². The van der Waals surface area contributed by atoms with Crippen molar-refractivity contribution in [2.75, 3.05) is 19.8 Å². The van der Waals surface area contributed by atoms with Crippen molar-refractivity contribution in [2.24, 2.45) is 5.73 Å². The highest BCUT2D eigenvalue weighted by molar-refractivity contribution is 5.68. The SMILES string of the molecule is C=CCCCCCC(N)C1COCCN1C(=O)OC(C)(C)C. The third-order valence-electron chi connectivity index (χ3n) is 3.73. The third kappa shape index (κ3) is 6.79. The number of carbonyl (C=O) groups is 1. The lowest BCUT2D eigenvalue weighted by Gasteiger charge is -2.39. The summed E-state index contributed by atoms with van der Waals surface area (Å²) in [7, 11) is 0. The van der Waals surface area contributed by atoms with E-state index in [1.807, 2.05) is 26.8 Å². The van der Waals surface area contributed by atoms with Crippen LogP contribution in [0.1, 0.15) is 52.9 Å². The molecule has 1 aliphatic rings. The van der Waals surface area contributed by atoms with Crippen LogP contribution in [0.4, 0.5) is 4.79 Å². The fraction of sp³-hybridized carbons (Fsp3) is 0.824. The van der Waals surface area contributed by atoms with Gasteiger partial charge in [-0.25, -0.2) is 4.79 Å². The van der Waals surface area contributed by atoms with E-state index in [1.54, 1.807) is 4.90 Å². The second-order valence-corrected chi connectivity index (χ2v) is 6.91. The van der Waals surface area contributed by atoms with Gasteiger partial charge in [-0.2, -0.15) is 0 Å². The van der Waals surface area contributed by atoms with Crippen LogP contribution >= 0.6 is 0 Å². The molecule has 0 aromatic heterocycles. The zero-order valence-corrected chi connectivity index (χ0v) is 14.3. The first kappa shape index (κ1) is 19.0. The Morgan fingerprint density at radius 1 is 1.45 bits per heavy atom. The minimum absolute atomic E-state index is 0.0726. The van der Waals surface area contributed by atoms with Gasteiger partial charge in [0.05, 0.1) is 19.3 Å². The van der Waals surface area contributed by atoms with Crippen LogP contribution in [0.2, 0.25) is 0 Å². The number of ether oxygens (including phenoxy) is 2. The Morgan fingerprint density at radius 3 is 2.82 bits per heavy atom. The number of nitrogens with zero attached hydrogens (tertiary/aromatic N) is 1. The first-order valence-electron chi connectivity index (χ1n) is 8.29. The molecule has 1 saturated heterocycles. The summed E-state index contributed by atoms with van der Waals surface area (Å²) < 4.78 is 11.0. The molecular weight excluding hydrogens is 280 g/mol. The lowest BCUT2D eigenvalue weighted by Crippen LogP contribution is -2.57. The van der Waals surface area contributed by atoms with Crippen LogP contribution in [-0.4, -0.2) is 48.4 Å². The van der Waals surface area contributed by atoms with Gasteiger partial charge in [0.15, 0.2) is 0 Å². The van der Waals surface area contributed by atoms with Crippen molar-refractivity contribution in [1.82, 2.24) is 4.90 Å². The fourth-order valence-corrected chi connectivity index (χ4v) is 2.56. The average Bonchev–Trinajstić information content (AvgIpc) is 2.45. The molecule has 0 spiro atoms. The normalized spacial score (nSPS) is 20.5. The summed E-state index contributed by atoms with van der Waals surface area (Å²) in [6.07, 6.45) is 6.94. The maximum atomic E-state index is 12.3. The summed E-state index contributed by atoms with van der Waals surface area (Å²) >= 11 is 0. The van der Waals surface area contributed by atoms with Crippen LogP contribution in [0, 0.1) is 0 Å². The van der Waals surface area contributed by atoms with E-state index in [0.29, 0.717) is 19.8 Å². The second kappa shape index (κ2) is 9.16. The zero-order valence-electron chi connectivity index (χ0n) is 14.3. The second-order valence-electron chi connectivity index (χ2n) is 6.91. The molecule has 22 heavy (non-hydrogen) atoms. The van der Waals surface area contributed by atoms with Crippen LogP contribution < -0.4 is 5.73 Å². The summed E-state index contributed by atoms with van der Waals surface area (Å²) in [4.78, 5) is 14.1. The standard InChI is InChI=1S/C17H32N2O3/c1-5-6-7-8-9-10-14(18)15-13-21-12-11-19(15)16(20)22-17(2,3)4/h5,14-15H,1,6-13,18H2,2-4H3. The van der Waals surface area contributed by atoms with E-state index in [1.165, 1.54) is 0 Å². The van der Waals surface area contributed by atoms with Crippen molar-refractivity contribution in [1.29, 1.82) is 0 Å². The number of unbranched alkanes of at least 4 members (excludes halogenated alkanes) is 3. The minimum atomic E-state index is -0.491. The van der Waals surface area contributed by atoms with Crippen LogP contribution in [0.15, 0.2) is 12.7 Å². The van der Waals surface area contributed by atoms with Crippen molar-refractivity contribution >= 4 is 6.09 Å². The molecule has 1 aliphatic heterocycles. The Hall–Kier alpha value is -1.07. The van der Waals surface area contributed by atoms with Gasteiger partial charge in [0, 0.05) is 12.6 Å². The van der Waals surface area contributed by atoms with Gasteiger partial charge in [-0.3, -0.25) is 4.90 Å². The lowest BCUT2D eigenvalue weighted by atomic mass is 10.00. The Bertz CT molecular complexity index is 352. The number of nitrogens with two attached hydrogens (primary N) is 1. The van der Waals surface area contributed by atoms with Crippen molar-refractivity contribution in [3.63, 3.8) is 0 Å². The number of carbonyl (C=O) groups excluding carboxylic acids is 1. The van der Waals surface area contributed by atoms with Gasteiger partial charge in [0.2, 0.25) is 0 Å². The smallest absolute Gasteiger partial charge is 0.410 e. The highest BCUT2D eigenvalue weighted by Gasteiger charge is 2.34. The summed E-state index contributed by atoms with van der Waals surface area (Å²) in [6, 6.07) is -0.167. The number of amides is 1. The quantitative estimate of drug-likeness (QED) is 0.579. The number of rotatable bonds is 7. The van der Waals surface area contributed by atoms with Crippen molar-refractivity contribution in [2.45, 2.75) is 70.6 Å². The molecule has 0 saturated carbocycles. The maximum Gasteiger partial charge on any atom is 0.410 e. The van der Waals surface area contributed by atoms with E-state index < -0.39 is 5.60 Å². The van der Waals surface area contributed by atoms with E-state index in [2.05, 4.69) is 6.58 Å². The molecule has 2 atom stereocenters. The molecule has 0 aromatic rings. The number of allylic oxidation sites excluding steroid dienone is 1. The zero-order chi connectivity index (χ0) is 16.6. The third-order valence-corrected chi connectivity index (χ3v) is 3.73. The van der Waals surface area contributed by atoms with Gasteiger partial charge >= 0.3 is 6.09 Å². The molecule has 0 radical (unpaired) electrons. The van der Waals surface area contributed by atoms with Crippen LogP contribution in [-0.2, 0) is 9.47 Å². The summed E-state index contributed by atoms with van der Waals surface area (Å²) in [6.45, 7) is 10.9. The molecule has 128 valence electrons. The lowest BCUT2D eigenvalue weighted by molar-refractivity contribution is -0.0386. The van der Waals surface area contributed by atoms with Crippen molar-refractivity contribution in [3.05, 3.63) is 12.7 Å². The number of hydrogen-bond donors (Lipinski definition) is 1. The van der Waals surface area contributed by atoms with Gasteiger partial charge in [0.25, 0.3) is 0 Å². The first-order valence-corrected chi connectivity index (χ1v) is 8.29. The molecule has 1 fully saturated rings. The molecule has 1 rings (SSSR count). The van der Waals surface area contributed by atoms with Gasteiger partial charge < -0.3 is 15.2 Å². The topological polar surface area (TPSA) is 64.8 Å². The highest BCUT2D eigenvalue weighted by Crippen LogP contribution is 2.18. The Morgan fingerprint density at radius 2 is 2.18 bits per heavy atom. The van der Waals surface area contributed by atoms with E-state index >= 15 is 0 Å². The van der Waals surface area contributed by atoms with Crippen molar-refractivity contribution < 1.29 is 14.3 Å². The van der Waals surface area contributed by atoms with E-state index in [0.717, 1.165) is 32.1 Å². The minimum Gasteiger partial charge on any atom is -0.444 e. The maximum absolute atomic E-state index is 12.3. The van der Waals surface area contributed by atoms with E-state index in [9.17, 15) is 4.79 Å². The molecular formula is C17H32N2O3. The molecule has 5 nitrogen and oxygen atoms in total. The molecule has 0 bridgehead atoms. The molecule has 1 heterocycles. The molecule has 0 aliphatic carbocycles. The summed E-state index contributed by atoms with van der Waals surface area (Å²) in [5.74, 6) is 0. The van der Waals surface area contributed by atoms with Gasteiger partial charge in [-0.15, -0.1) is 6.58 Å². The first-order chi connectivity index (χ1) is 10.3. The molecule has 1 amide bonds. The van der Waals surface area contributed by atoms with Crippen LogP contribution in [0.5, 0.6) is 0 Å². The van der Waals surface area contributed by atoms with Gasteiger partial charge in [0.1, 0.15) is 5.60 Å². The van der Waals surface area contributed by atoms with Gasteiger partial charge in [-0.05, 0) is 40.0 Å².